The summed E-state index contributed by atoms with van der Waals surface area (Å²) >= 11 is 0. The van der Waals surface area contributed by atoms with E-state index in [1.807, 2.05) is 0 Å². The number of carbonyl (C=O) groups excluding carboxylic acids is 2. The predicted molar refractivity (Wildman–Crippen MR) is 280 cm³/mol. The highest BCUT2D eigenvalue weighted by molar-refractivity contribution is 7.47. The smallest absolute Gasteiger partial charge is 0.462 e. The van der Waals surface area contributed by atoms with E-state index in [0.29, 0.717) is 6.42 Å². The van der Waals surface area contributed by atoms with Crippen molar-refractivity contribution in [3.8, 4) is 0 Å². The first-order chi connectivity index (χ1) is 32.3. The molecule has 392 valence electrons. The highest BCUT2D eigenvalue weighted by Crippen LogP contribution is 2.43. The highest BCUT2D eigenvalue weighted by atomic mass is 31.2. The largest absolute Gasteiger partial charge is 0.472 e. The normalized spacial score (nSPS) is 13.1. The molecule has 0 aromatic carbocycles. The molecular weight excluding hydrogens is 846 g/mol. The zero-order valence-electron chi connectivity index (χ0n) is 43.7. The molecule has 0 heterocycles. The molecule has 0 bridgehead atoms. The van der Waals surface area contributed by atoms with Gasteiger partial charge in [-0.25, -0.2) is 4.57 Å². The zero-order valence-corrected chi connectivity index (χ0v) is 44.6. The molecule has 0 aliphatic carbocycles. The minimum atomic E-state index is -4.38. The van der Waals surface area contributed by atoms with Gasteiger partial charge < -0.3 is 20.1 Å². The maximum atomic E-state index is 12.7. The second kappa shape index (κ2) is 53.1. The summed E-state index contributed by atoms with van der Waals surface area (Å²) in [4.78, 5) is 35.0. The van der Waals surface area contributed by atoms with E-state index in [1.54, 1.807) is 0 Å². The number of unbranched alkanes of at least 4 members (excludes halogenated alkanes) is 40. The van der Waals surface area contributed by atoms with Crippen LogP contribution in [-0.2, 0) is 32.7 Å². The maximum Gasteiger partial charge on any atom is 0.472 e. The van der Waals surface area contributed by atoms with Crippen molar-refractivity contribution in [2.45, 2.75) is 309 Å². The molecule has 2 atom stereocenters. The molecule has 0 aromatic heterocycles. The van der Waals surface area contributed by atoms with Gasteiger partial charge >= 0.3 is 19.8 Å². The van der Waals surface area contributed by atoms with Crippen molar-refractivity contribution < 1.29 is 37.6 Å². The van der Waals surface area contributed by atoms with Gasteiger partial charge in [-0.2, -0.15) is 0 Å². The van der Waals surface area contributed by atoms with Gasteiger partial charge in [-0.3, -0.25) is 18.6 Å². The SMILES string of the molecule is CCCCCCCCCC/C=C\CCCCCCCCCCCCCCCCCCCCCCCC(=O)OC(COC(=O)CCCCCCCCCCCCCC)COP(=O)(O)OCCN. The van der Waals surface area contributed by atoms with Gasteiger partial charge in [0.1, 0.15) is 6.61 Å². The number of hydrogen-bond acceptors (Lipinski definition) is 8. The Morgan fingerprint density at radius 3 is 1.08 bits per heavy atom. The minimum Gasteiger partial charge on any atom is -0.462 e. The molecule has 0 amide bonds. The number of phosphoric acid groups is 1. The van der Waals surface area contributed by atoms with Crippen LogP contribution in [0.1, 0.15) is 303 Å². The fourth-order valence-corrected chi connectivity index (χ4v) is 9.40. The number of esters is 2. The summed E-state index contributed by atoms with van der Waals surface area (Å²) in [6, 6.07) is 0. The van der Waals surface area contributed by atoms with E-state index < -0.39 is 26.5 Å². The van der Waals surface area contributed by atoms with Crippen molar-refractivity contribution in [1.29, 1.82) is 0 Å². The third-order valence-electron chi connectivity index (χ3n) is 12.9. The summed E-state index contributed by atoms with van der Waals surface area (Å²) in [5.74, 6) is -0.810. The van der Waals surface area contributed by atoms with E-state index >= 15 is 0 Å². The van der Waals surface area contributed by atoms with Crippen LogP contribution in [0, 0.1) is 0 Å². The lowest BCUT2D eigenvalue weighted by atomic mass is 10.0. The van der Waals surface area contributed by atoms with E-state index in [9.17, 15) is 19.0 Å². The first-order valence-electron chi connectivity index (χ1n) is 28.7. The van der Waals surface area contributed by atoms with Crippen LogP contribution < -0.4 is 5.73 Å². The van der Waals surface area contributed by atoms with Gasteiger partial charge in [0.25, 0.3) is 0 Å². The number of allylic oxidation sites excluding steroid dienone is 2. The van der Waals surface area contributed by atoms with Crippen LogP contribution in [0.4, 0.5) is 0 Å². The Morgan fingerprint density at radius 1 is 0.439 bits per heavy atom. The topological polar surface area (TPSA) is 134 Å². The fourth-order valence-electron chi connectivity index (χ4n) is 8.63. The molecule has 0 radical (unpaired) electrons. The summed E-state index contributed by atoms with van der Waals surface area (Å²) in [6.45, 7) is 3.78. The predicted octanol–water partition coefficient (Wildman–Crippen LogP) is 17.7. The van der Waals surface area contributed by atoms with Gasteiger partial charge in [-0.1, -0.05) is 264 Å². The van der Waals surface area contributed by atoms with Crippen molar-refractivity contribution in [2.75, 3.05) is 26.4 Å². The minimum absolute atomic E-state index is 0.0574. The summed E-state index contributed by atoms with van der Waals surface area (Å²) in [5.41, 5.74) is 5.37. The summed E-state index contributed by atoms with van der Waals surface area (Å²) < 4.78 is 32.9. The zero-order chi connectivity index (χ0) is 48.1. The molecule has 3 N–H and O–H groups in total. The van der Waals surface area contributed by atoms with Gasteiger partial charge in [-0.15, -0.1) is 0 Å². The molecule has 0 aliphatic heterocycles. The third-order valence-corrected chi connectivity index (χ3v) is 13.9. The van der Waals surface area contributed by atoms with Gasteiger partial charge in [-0.05, 0) is 38.5 Å². The van der Waals surface area contributed by atoms with Crippen molar-refractivity contribution in [1.82, 2.24) is 0 Å². The number of nitrogens with two attached hydrogens (primary N) is 1. The molecule has 0 aliphatic rings. The Balaban J connectivity index is 3.79. The first-order valence-corrected chi connectivity index (χ1v) is 30.2. The molecule has 0 rings (SSSR count). The quantitative estimate of drug-likeness (QED) is 0.0264. The Morgan fingerprint density at radius 2 is 0.742 bits per heavy atom. The average Bonchev–Trinajstić information content (AvgIpc) is 3.31. The summed E-state index contributed by atoms with van der Waals surface area (Å²) in [5, 5.41) is 0. The molecule has 10 heteroatoms. The summed E-state index contributed by atoms with van der Waals surface area (Å²) in [6.07, 6.45) is 60.1. The van der Waals surface area contributed by atoms with Crippen LogP contribution in [0.25, 0.3) is 0 Å². The Labute approximate surface area is 409 Å². The monoisotopic (exact) mass is 956 g/mol. The lowest BCUT2D eigenvalue weighted by molar-refractivity contribution is -0.161. The van der Waals surface area contributed by atoms with Crippen LogP contribution in [0.15, 0.2) is 12.2 Å². The van der Waals surface area contributed by atoms with Crippen LogP contribution in [0.2, 0.25) is 0 Å². The van der Waals surface area contributed by atoms with Crippen molar-refractivity contribution in [2.24, 2.45) is 5.73 Å². The van der Waals surface area contributed by atoms with E-state index in [4.69, 9.17) is 24.3 Å². The van der Waals surface area contributed by atoms with E-state index in [0.717, 1.165) is 32.1 Å². The van der Waals surface area contributed by atoms with Crippen molar-refractivity contribution >= 4 is 19.8 Å². The van der Waals surface area contributed by atoms with E-state index in [-0.39, 0.29) is 38.6 Å². The fraction of sp³-hybridized carbons (Fsp3) is 0.929. The number of hydrogen-bond donors (Lipinski definition) is 2. The van der Waals surface area contributed by atoms with Crippen LogP contribution in [-0.4, -0.2) is 49.3 Å². The molecule has 0 fully saturated rings. The van der Waals surface area contributed by atoms with Crippen LogP contribution >= 0.6 is 7.82 Å². The summed E-state index contributed by atoms with van der Waals surface area (Å²) in [7, 11) is -4.38. The molecule has 0 spiro atoms. The molecule has 0 saturated carbocycles. The Kier molecular flexibility index (Phi) is 52.1. The van der Waals surface area contributed by atoms with Crippen LogP contribution in [0.3, 0.4) is 0 Å². The van der Waals surface area contributed by atoms with Gasteiger partial charge in [0.2, 0.25) is 0 Å². The molecule has 2 unspecified atom stereocenters. The number of rotatable bonds is 55. The molecule has 0 saturated heterocycles. The second-order valence-electron chi connectivity index (χ2n) is 19.5. The third kappa shape index (κ3) is 52.1. The standard InChI is InChI=1S/C56H110NO8P/c1-3-5-7-9-11-13-15-17-18-19-20-21-22-23-24-25-26-27-28-29-30-31-32-33-34-35-36-37-39-41-43-45-47-49-56(59)65-54(53-64-66(60,61)63-51-50-57)52-62-55(58)48-46-44-42-40-38-16-14-12-10-8-6-4-2/h19-20,54H,3-18,21-53,57H2,1-2H3,(H,60,61)/b20-19-. The number of phosphoric ester groups is 1. The molecule has 0 aromatic rings. The number of ether oxygens (including phenoxy) is 2. The van der Waals surface area contributed by atoms with Gasteiger partial charge in [0.15, 0.2) is 6.10 Å². The second-order valence-corrected chi connectivity index (χ2v) is 21.0. The first kappa shape index (κ1) is 64.8. The van der Waals surface area contributed by atoms with Gasteiger partial charge in [0.05, 0.1) is 13.2 Å². The Hall–Kier alpha value is -1.25. The molecular formula is C56H110NO8P. The number of carbonyl (C=O) groups is 2. The van der Waals surface area contributed by atoms with Gasteiger partial charge in [0, 0.05) is 19.4 Å². The van der Waals surface area contributed by atoms with E-state index in [1.165, 1.54) is 238 Å². The molecule has 9 nitrogen and oxygen atoms in total. The Bertz CT molecular complexity index is 1090. The van der Waals surface area contributed by atoms with Crippen LogP contribution in [0.5, 0.6) is 0 Å². The molecule has 66 heavy (non-hydrogen) atoms. The van der Waals surface area contributed by atoms with E-state index in [2.05, 4.69) is 26.0 Å². The lowest BCUT2D eigenvalue weighted by Crippen LogP contribution is -2.29. The van der Waals surface area contributed by atoms with Crippen molar-refractivity contribution in [3.05, 3.63) is 12.2 Å². The average molecular weight is 956 g/mol. The maximum absolute atomic E-state index is 12.7. The lowest BCUT2D eigenvalue weighted by Gasteiger charge is -2.19. The van der Waals surface area contributed by atoms with Crippen molar-refractivity contribution in [3.63, 3.8) is 0 Å². The highest BCUT2D eigenvalue weighted by Gasteiger charge is 2.26.